The van der Waals surface area contributed by atoms with Crippen LogP contribution in [0.2, 0.25) is 0 Å². The summed E-state index contributed by atoms with van der Waals surface area (Å²) in [5.74, 6) is 0. The molecule has 6 nitrogen and oxygen atoms in total. The number of hydrogen-bond donors (Lipinski definition) is 1. The Morgan fingerprint density at radius 1 is 0.545 bits per heavy atom. The van der Waals surface area contributed by atoms with Gasteiger partial charge in [-0.15, -0.1) is 4.67 Å². The molecule has 0 aromatic rings. The van der Waals surface area contributed by atoms with Crippen LogP contribution < -0.4 is 0 Å². The average molecular weight is 796 g/mol. The highest BCUT2D eigenvalue weighted by molar-refractivity contribution is 7.63. The van der Waals surface area contributed by atoms with Crippen molar-refractivity contribution in [3.05, 3.63) is 12.2 Å². The summed E-state index contributed by atoms with van der Waals surface area (Å²) in [5, 5.41) is 9.33. The normalized spacial score (nSPS) is 13.8. The average Bonchev–Trinajstić information content (AvgIpc) is 3.16. The van der Waals surface area contributed by atoms with E-state index in [-0.39, 0.29) is 24.6 Å². The Balaban J connectivity index is 4.34. The van der Waals surface area contributed by atoms with Gasteiger partial charge in [-0.25, -0.2) is 4.89 Å². The van der Waals surface area contributed by atoms with E-state index in [0.717, 1.165) is 19.4 Å². The number of rotatable bonds is 44. The van der Waals surface area contributed by atoms with Crippen molar-refractivity contribution >= 4 is 7.87 Å². The lowest BCUT2D eigenvalue weighted by Crippen LogP contribution is -2.40. The molecule has 55 heavy (non-hydrogen) atoms. The fourth-order valence-corrected chi connectivity index (χ4v) is 10.4. The molecule has 0 aliphatic heterocycles. The molecule has 0 aliphatic carbocycles. The van der Waals surface area contributed by atoms with Crippen molar-refractivity contribution < 1.29 is 18.9 Å². The van der Waals surface area contributed by atoms with Gasteiger partial charge in [-0.2, -0.15) is 9.79 Å². The van der Waals surface area contributed by atoms with Crippen LogP contribution in [0.25, 0.3) is 0 Å². The Bertz CT molecular complexity index is 842. The first-order chi connectivity index (χ1) is 26.8. The molecule has 2 atom stereocenters. The van der Waals surface area contributed by atoms with Crippen molar-refractivity contribution in [3.8, 4) is 6.07 Å². The van der Waals surface area contributed by atoms with Gasteiger partial charge in [-0.1, -0.05) is 180 Å². The first kappa shape index (κ1) is 54.5. The van der Waals surface area contributed by atoms with Crippen molar-refractivity contribution in [2.75, 3.05) is 32.6 Å². The predicted molar refractivity (Wildman–Crippen MR) is 242 cm³/mol. The van der Waals surface area contributed by atoms with Gasteiger partial charge in [0.2, 0.25) is 0 Å². The zero-order valence-corrected chi connectivity index (χ0v) is 38.8. The topological polar surface area (TPSA) is 75.0 Å². The molecule has 0 saturated heterocycles. The number of hydrogen-bond acceptors (Lipinski definition) is 6. The van der Waals surface area contributed by atoms with Crippen molar-refractivity contribution in [2.24, 2.45) is 0 Å². The van der Waals surface area contributed by atoms with Crippen LogP contribution in [0, 0.1) is 11.3 Å². The Hall–Kier alpha value is -0.540. The van der Waals surface area contributed by atoms with Gasteiger partial charge >= 0.3 is 7.87 Å². The molecule has 0 aliphatic rings. The van der Waals surface area contributed by atoms with Crippen molar-refractivity contribution in [3.63, 3.8) is 0 Å². The maximum atomic E-state index is 11.8. The SMILES string of the molecule is CCCCCCCCC=CCCCCCCCCCCCCOCC(CO[P+](O)(CCC#N)N(C(C)C)C(C)C)OCCCCCCCCCCCCCC. The Labute approximate surface area is 345 Å². The van der Waals surface area contributed by atoms with Gasteiger partial charge in [-0.05, 0) is 66.2 Å². The van der Waals surface area contributed by atoms with E-state index in [1.165, 1.54) is 180 Å². The maximum absolute atomic E-state index is 11.8. The van der Waals surface area contributed by atoms with Gasteiger partial charge in [0.15, 0.2) is 0 Å². The van der Waals surface area contributed by atoms with Gasteiger partial charge in [0.1, 0.15) is 18.9 Å². The van der Waals surface area contributed by atoms with Crippen LogP contribution in [0.3, 0.4) is 0 Å². The highest BCUT2D eigenvalue weighted by Crippen LogP contribution is 2.61. The van der Waals surface area contributed by atoms with Crippen LogP contribution in [-0.2, 0) is 14.0 Å². The van der Waals surface area contributed by atoms with Crippen LogP contribution in [-0.4, -0.2) is 60.3 Å². The fourth-order valence-electron chi connectivity index (χ4n) is 7.67. The minimum atomic E-state index is -2.94. The predicted octanol–water partition coefficient (Wildman–Crippen LogP) is 15.5. The van der Waals surface area contributed by atoms with Crippen LogP contribution in [0.5, 0.6) is 0 Å². The van der Waals surface area contributed by atoms with E-state index in [1.54, 1.807) is 0 Å². The second-order valence-corrected chi connectivity index (χ2v) is 19.5. The first-order valence-corrected chi connectivity index (χ1v) is 25.9. The number of nitriles is 1. The summed E-state index contributed by atoms with van der Waals surface area (Å²) >= 11 is 0. The Kier molecular flexibility index (Phi) is 41.2. The number of allylic oxidation sites excluding steroid dienone is 2. The van der Waals surface area contributed by atoms with Gasteiger partial charge < -0.3 is 9.47 Å². The van der Waals surface area contributed by atoms with Crippen molar-refractivity contribution in [1.29, 1.82) is 5.26 Å². The van der Waals surface area contributed by atoms with E-state index in [2.05, 4.69) is 64.4 Å². The van der Waals surface area contributed by atoms with Crippen LogP contribution in [0.15, 0.2) is 12.2 Å². The minimum Gasteiger partial charge on any atom is -0.379 e. The van der Waals surface area contributed by atoms with Gasteiger partial charge in [-0.3, -0.25) is 0 Å². The zero-order chi connectivity index (χ0) is 40.5. The summed E-state index contributed by atoms with van der Waals surface area (Å²) in [6.07, 6.45) is 45.1. The van der Waals surface area contributed by atoms with E-state index in [4.69, 9.17) is 14.0 Å². The molecule has 0 saturated carbocycles. The summed E-state index contributed by atoms with van der Waals surface area (Å²) in [6.45, 7) is 15.1. The smallest absolute Gasteiger partial charge is 0.346 e. The molecule has 0 bridgehead atoms. The van der Waals surface area contributed by atoms with Gasteiger partial charge in [0, 0.05) is 25.3 Å². The molecule has 2 unspecified atom stereocenters. The lowest BCUT2D eigenvalue weighted by molar-refractivity contribution is -0.0418. The standard InChI is InChI=1S/C48H96N2O4P/c1-7-9-11-13-15-17-19-21-22-23-24-25-26-27-28-29-31-33-35-37-41-52-44-48(45-54-55(51,43-39-40-49)50(46(3)4)47(5)6)53-42-38-36-34-32-30-20-18-16-14-12-10-8-2/h21-22,46-48,51H,7-20,23-39,41-45H2,1-6H3/q+1. The third-order valence-corrected chi connectivity index (χ3v) is 13.9. The molecule has 0 aromatic carbocycles. The quantitative estimate of drug-likeness (QED) is 0.0376. The number of ether oxygens (including phenoxy) is 2. The largest absolute Gasteiger partial charge is 0.379 e. The highest BCUT2D eigenvalue weighted by atomic mass is 31.2. The first-order valence-electron chi connectivity index (χ1n) is 24.1. The lowest BCUT2D eigenvalue weighted by atomic mass is 10.1. The van der Waals surface area contributed by atoms with Crippen molar-refractivity contribution in [2.45, 2.75) is 259 Å². The van der Waals surface area contributed by atoms with Crippen LogP contribution in [0.1, 0.15) is 241 Å². The molecule has 0 fully saturated rings. The molecular weight excluding hydrogens is 700 g/mol. The maximum Gasteiger partial charge on any atom is 0.346 e. The highest BCUT2D eigenvalue weighted by Gasteiger charge is 2.49. The molecule has 0 spiro atoms. The second kappa shape index (κ2) is 41.6. The fraction of sp³-hybridized carbons (Fsp3) is 0.938. The summed E-state index contributed by atoms with van der Waals surface area (Å²) < 4.78 is 21.0. The third kappa shape index (κ3) is 35.2. The number of unbranched alkanes of at least 4 members (excludes halogenated alkanes) is 27. The summed E-state index contributed by atoms with van der Waals surface area (Å²) in [7, 11) is -2.94. The number of nitrogens with zero attached hydrogens (tertiary/aromatic N) is 2. The zero-order valence-electron chi connectivity index (χ0n) is 37.9. The van der Waals surface area contributed by atoms with E-state index in [1.807, 2.05) is 0 Å². The van der Waals surface area contributed by atoms with Gasteiger partial charge in [0.05, 0.1) is 19.1 Å². The molecular formula is C48H96N2O4P+. The molecule has 0 heterocycles. The van der Waals surface area contributed by atoms with Crippen LogP contribution >= 0.6 is 7.87 Å². The summed E-state index contributed by atoms with van der Waals surface area (Å²) in [5.41, 5.74) is 0. The second-order valence-electron chi connectivity index (χ2n) is 17.0. The summed E-state index contributed by atoms with van der Waals surface area (Å²) in [6, 6.07) is 2.45. The van der Waals surface area contributed by atoms with Crippen LogP contribution in [0.4, 0.5) is 0 Å². The molecule has 326 valence electrons. The van der Waals surface area contributed by atoms with Gasteiger partial charge in [0.25, 0.3) is 0 Å². The van der Waals surface area contributed by atoms with Crippen molar-refractivity contribution in [1.82, 2.24) is 4.67 Å². The Morgan fingerprint density at radius 2 is 0.927 bits per heavy atom. The molecule has 0 rings (SSSR count). The summed E-state index contributed by atoms with van der Waals surface area (Å²) in [4.78, 5) is 11.8. The Morgan fingerprint density at radius 3 is 1.33 bits per heavy atom. The van der Waals surface area contributed by atoms with E-state index in [9.17, 15) is 10.2 Å². The van der Waals surface area contributed by atoms with E-state index in [0.29, 0.717) is 26.0 Å². The third-order valence-electron chi connectivity index (χ3n) is 10.9. The van der Waals surface area contributed by atoms with E-state index >= 15 is 0 Å². The lowest BCUT2D eigenvalue weighted by Gasteiger charge is -2.35. The molecule has 0 radical (unpaired) electrons. The monoisotopic (exact) mass is 796 g/mol. The minimum absolute atomic E-state index is 0.116. The molecule has 0 aromatic heterocycles. The molecule has 7 heteroatoms. The molecule has 0 amide bonds. The molecule has 1 N–H and O–H groups in total. The van der Waals surface area contributed by atoms with E-state index < -0.39 is 7.87 Å².